The van der Waals surface area contributed by atoms with Crippen molar-refractivity contribution < 1.29 is 18.3 Å². The van der Waals surface area contributed by atoms with Crippen molar-refractivity contribution in [3.8, 4) is 0 Å². The first-order chi connectivity index (χ1) is 10.6. The van der Waals surface area contributed by atoms with Gasteiger partial charge in [-0.2, -0.15) is 0 Å². The molecule has 1 aliphatic rings. The van der Waals surface area contributed by atoms with E-state index in [4.69, 9.17) is 4.74 Å². The number of hydrogen-bond acceptors (Lipinski definition) is 3. The molecule has 0 saturated carbocycles. The molecule has 1 fully saturated rings. The van der Waals surface area contributed by atoms with E-state index < -0.39 is 13.0 Å². The smallest absolute Gasteiger partial charge is 0.261 e. The van der Waals surface area contributed by atoms with Crippen LogP contribution in [-0.2, 0) is 16.0 Å². The normalized spacial score (nSPS) is 18.7. The van der Waals surface area contributed by atoms with Crippen molar-refractivity contribution in [2.45, 2.75) is 25.3 Å². The van der Waals surface area contributed by atoms with Crippen LogP contribution in [0.2, 0.25) is 0 Å². The molecule has 2 rings (SSSR count). The number of amides is 1. The number of rotatable bonds is 7. The minimum absolute atomic E-state index is 0.0335. The lowest BCUT2D eigenvalue weighted by atomic mass is 10.0. The fourth-order valence-electron chi connectivity index (χ4n) is 2.58. The Morgan fingerprint density at radius 2 is 2.14 bits per heavy atom. The van der Waals surface area contributed by atoms with Crippen LogP contribution < -0.4 is 5.32 Å². The third kappa shape index (κ3) is 5.69. The molecule has 1 aliphatic heterocycles. The molecule has 1 unspecified atom stereocenters. The molecule has 1 aromatic rings. The second kappa shape index (κ2) is 8.80. The number of halogens is 2. The summed E-state index contributed by atoms with van der Waals surface area (Å²) >= 11 is 0. The van der Waals surface area contributed by atoms with Crippen molar-refractivity contribution in [1.29, 1.82) is 0 Å². The highest BCUT2D eigenvalue weighted by Crippen LogP contribution is 2.09. The summed E-state index contributed by atoms with van der Waals surface area (Å²) in [5, 5.41) is 3.41. The summed E-state index contributed by atoms with van der Waals surface area (Å²) < 4.78 is 28.7. The molecule has 1 aromatic carbocycles. The lowest BCUT2D eigenvalue weighted by Gasteiger charge is -2.34. The summed E-state index contributed by atoms with van der Waals surface area (Å²) in [5.41, 5.74) is 1.23. The van der Waals surface area contributed by atoms with Crippen molar-refractivity contribution in [2.24, 2.45) is 0 Å². The average Bonchev–Trinajstić information content (AvgIpc) is 2.52. The Morgan fingerprint density at radius 1 is 1.36 bits per heavy atom. The molecular formula is C16H22F2N2O2. The third-order valence-electron chi connectivity index (χ3n) is 3.64. The first-order valence-corrected chi connectivity index (χ1v) is 7.56. The molecule has 0 bridgehead atoms. The topological polar surface area (TPSA) is 41.6 Å². The molecule has 0 radical (unpaired) electrons. The largest absolute Gasteiger partial charge is 0.375 e. The SMILES string of the molecule is O=C(CCOCC(F)F)N1CCNC(Cc2ccccc2)C1. The fourth-order valence-corrected chi connectivity index (χ4v) is 2.58. The Bertz CT molecular complexity index is 457. The lowest BCUT2D eigenvalue weighted by molar-refractivity contribution is -0.133. The number of benzene rings is 1. The minimum atomic E-state index is -2.48. The van der Waals surface area contributed by atoms with Crippen LogP contribution >= 0.6 is 0 Å². The van der Waals surface area contributed by atoms with Crippen LogP contribution in [0.5, 0.6) is 0 Å². The van der Waals surface area contributed by atoms with Crippen LogP contribution in [0.25, 0.3) is 0 Å². The number of piperazine rings is 1. The van der Waals surface area contributed by atoms with Gasteiger partial charge in [-0.25, -0.2) is 8.78 Å². The maximum Gasteiger partial charge on any atom is 0.261 e. The number of nitrogens with one attached hydrogen (secondary N) is 1. The number of alkyl halides is 2. The molecule has 6 heteroatoms. The number of hydrogen-bond donors (Lipinski definition) is 1. The Kier molecular flexibility index (Phi) is 6.74. The summed E-state index contributed by atoms with van der Waals surface area (Å²) in [6.45, 7) is 1.49. The Balaban J connectivity index is 1.74. The summed E-state index contributed by atoms with van der Waals surface area (Å²) in [7, 11) is 0. The average molecular weight is 312 g/mol. The highest BCUT2D eigenvalue weighted by atomic mass is 19.3. The van der Waals surface area contributed by atoms with E-state index >= 15 is 0 Å². The molecule has 122 valence electrons. The Hall–Kier alpha value is -1.53. The second-order valence-corrected chi connectivity index (χ2v) is 5.40. The Labute approximate surface area is 129 Å². The molecular weight excluding hydrogens is 290 g/mol. The number of carbonyl (C=O) groups is 1. The maximum atomic E-state index is 12.1. The van der Waals surface area contributed by atoms with Crippen LogP contribution in [0, 0.1) is 0 Å². The van der Waals surface area contributed by atoms with E-state index in [-0.39, 0.29) is 25.0 Å². The maximum absolute atomic E-state index is 12.1. The summed E-state index contributed by atoms with van der Waals surface area (Å²) in [6, 6.07) is 10.3. The van der Waals surface area contributed by atoms with Crippen LogP contribution in [-0.4, -0.2) is 56.1 Å². The van der Waals surface area contributed by atoms with Gasteiger partial charge in [0, 0.05) is 25.7 Å². The molecule has 0 spiro atoms. The van der Waals surface area contributed by atoms with Gasteiger partial charge in [0.2, 0.25) is 5.91 Å². The van der Waals surface area contributed by atoms with Crippen LogP contribution in [0.4, 0.5) is 8.78 Å². The molecule has 1 amide bonds. The summed E-state index contributed by atoms with van der Waals surface area (Å²) in [4.78, 5) is 13.9. The van der Waals surface area contributed by atoms with Gasteiger partial charge in [-0.1, -0.05) is 30.3 Å². The molecule has 1 saturated heterocycles. The molecule has 22 heavy (non-hydrogen) atoms. The van der Waals surface area contributed by atoms with Crippen LogP contribution in [0.15, 0.2) is 30.3 Å². The van der Waals surface area contributed by atoms with Gasteiger partial charge >= 0.3 is 0 Å². The third-order valence-corrected chi connectivity index (χ3v) is 3.64. The summed E-state index contributed by atoms with van der Waals surface area (Å²) in [6.07, 6.45) is -1.46. The molecule has 4 nitrogen and oxygen atoms in total. The van der Waals surface area contributed by atoms with Crippen LogP contribution in [0.3, 0.4) is 0 Å². The number of ether oxygens (including phenoxy) is 1. The quantitative estimate of drug-likeness (QED) is 0.779. The zero-order chi connectivity index (χ0) is 15.8. The van der Waals surface area contributed by atoms with E-state index in [9.17, 15) is 13.6 Å². The van der Waals surface area contributed by atoms with E-state index in [0.717, 1.165) is 13.0 Å². The monoisotopic (exact) mass is 312 g/mol. The van der Waals surface area contributed by atoms with Gasteiger partial charge in [0.1, 0.15) is 6.61 Å². The number of carbonyl (C=O) groups excluding carboxylic acids is 1. The van der Waals surface area contributed by atoms with Gasteiger partial charge in [-0.15, -0.1) is 0 Å². The zero-order valence-electron chi connectivity index (χ0n) is 12.5. The van der Waals surface area contributed by atoms with Gasteiger partial charge in [0.05, 0.1) is 13.0 Å². The predicted octanol–water partition coefficient (Wildman–Crippen LogP) is 1.70. The zero-order valence-corrected chi connectivity index (χ0v) is 12.5. The fraction of sp³-hybridized carbons (Fsp3) is 0.562. The van der Waals surface area contributed by atoms with Crippen molar-refractivity contribution in [3.05, 3.63) is 35.9 Å². The Morgan fingerprint density at radius 3 is 2.86 bits per heavy atom. The standard InChI is InChI=1S/C16H22F2N2O2/c17-15(18)12-22-9-6-16(21)20-8-7-19-14(11-20)10-13-4-2-1-3-5-13/h1-5,14-15,19H,6-12H2. The molecule has 0 aliphatic carbocycles. The van der Waals surface area contributed by atoms with Gasteiger partial charge < -0.3 is 15.0 Å². The minimum Gasteiger partial charge on any atom is -0.375 e. The molecule has 1 heterocycles. The lowest BCUT2D eigenvalue weighted by Crippen LogP contribution is -2.53. The van der Waals surface area contributed by atoms with Gasteiger partial charge in [-0.3, -0.25) is 4.79 Å². The highest BCUT2D eigenvalue weighted by molar-refractivity contribution is 5.76. The molecule has 1 atom stereocenters. The summed E-state index contributed by atoms with van der Waals surface area (Å²) in [5.74, 6) is -0.0335. The van der Waals surface area contributed by atoms with E-state index in [0.29, 0.717) is 13.1 Å². The van der Waals surface area contributed by atoms with Gasteiger partial charge in [-0.05, 0) is 12.0 Å². The predicted molar refractivity (Wildman–Crippen MR) is 80.0 cm³/mol. The molecule has 1 N–H and O–H groups in total. The van der Waals surface area contributed by atoms with Crippen molar-refractivity contribution >= 4 is 5.91 Å². The first kappa shape index (κ1) is 16.8. The number of nitrogens with zero attached hydrogens (tertiary/aromatic N) is 1. The van der Waals surface area contributed by atoms with E-state index in [1.807, 2.05) is 18.2 Å². The first-order valence-electron chi connectivity index (χ1n) is 7.56. The van der Waals surface area contributed by atoms with Crippen molar-refractivity contribution in [3.63, 3.8) is 0 Å². The van der Waals surface area contributed by atoms with Gasteiger partial charge in [0.25, 0.3) is 6.43 Å². The van der Waals surface area contributed by atoms with Crippen molar-refractivity contribution in [2.75, 3.05) is 32.8 Å². The highest BCUT2D eigenvalue weighted by Gasteiger charge is 2.23. The van der Waals surface area contributed by atoms with E-state index in [2.05, 4.69) is 17.4 Å². The van der Waals surface area contributed by atoms with Crippen molar-refractivity contribution in [1.82, 2.24) is 10.2 Å². The van der Waals surface area contributed by atoms with Gasteiger partial charge in [0.15, 0.2) is 0 Å². The second-order valence-electron chi connectivity index (χ2n) is 5.40. The van der Waals surface area contributed by atoms with E-state index in [1.54, 1.807) is 4.90 Å². The van der Waals surface area contributed by atoms with Crippen LogP contribution in [0.1, 0.15) is 12.0 Å². The van der Waals surface area contributed by atoms with E-state index in [1.165, 1.54) is 5.56 Å². The molecule has 0 aromatic heterocycles.